The van der Waals surface area contributed by atoms with Gasteiger partial charge in [0.05, 0.1) is 6.54 Å². The van der Waals surface area contributed by atoms with Crippen LogP contribution >= 0.6 is 11.6 Å². The standard InChI is InChI=1S/C17H19ClN4O/c18-14-3-1-2-13(10-14)16-11-20-8-9-22(16)12-17(23)21-15-4-6-19-7-5-15/h1-7,10,16,20H,8-9,11-12H2,(H,19,21,23). The molecule has 1 amide bonds. The summed E-state index contributed by atoms with van der Waals surface area (Å²) < 4.78 is 0. The SMILES string of the molecule is O=C(CN1CCNCC1c1cccc(Cl)c1)Nc1ccncc1. The summed E-state index contributed by atoms with van der Waals surface area (Å²) in [7, 11) is 0. The molecular formula is C17H19ClN4O. The normalized spacial score (nSPS) is 18.6. The van der Waals surface area contributed by atoms with Crippen LogP contribution in [0.1, 0.15) is 11.6 Å². The summed E-state index contributed by atoms with van der Waals surface area (Å²) in [6, 6.07) is 11.5. The van der Waals surface area contributed by atoms with E-state index in [1.807, 2.05) is 18.2 Å². The lowest BCUT2D eigenvalue weighted by molar-refractivity contribution is -0.118. The minimum Gasteiger partial charge on any atom is -0.325 e. The Balaban J connectivity index is 1.68. The summed E-state index contributed by atoms with van der Waals surface area (Å²) in [6.07, 6.45) is 3.32. The molecule has 1 atom stereocenters. The molecule has 1 aliphatic rings. The average Bonchev–Trinajstić information content (AvgIpc) is 2.56. The monoisotopic (exact) mass is 330 g/mol. The van der Waals surface area contributed by atoms with Gasteiger partial charge in [0.2, 0.25) is 5.91 Å². The number of benzene rings is 1. The number of hydrogen-bond donors (Lipinski definition) is 2. The first-order valence-electron chi connectivity index (χ1n) is 7.62. The Kier molecular flexibility index (Phi) is 5.23. The van der Waals surface area contributed by atoms with Crippen LogP contribution in [-0.2, 0) is 4.79 Å². The number of carbonyl (C=O) groups excluding carboxylic acids is 1. The van der Waals surface area contributed by atoms with Crippen molar-refractivity contribution in [1.29, 1.82) is 0 Å². The van der Waals surface area contributed by atoms with Crippen LogP contribution in [0, 0.1) is 0 Å². The van der Waals surface area contributed by atoms with Crippen molar-refractivity contribution in [3.63, 3.8) is 0 Å². The van der Waals surface area contributed by atoms with E-state index in [9.17, 15) is 4.79 Å². The van der Waals surface area contributed by atoms with E-state index in [2.05, 4.69) is 26.6 Å². The number of hydrogen-bond acceptors (Lipinski definition) is 4. The molecule has 1 fully saturated rings. The summed E-state index contributed by atoms with van der Waals surface area (Å²) >= 11 is 6.10. The Labute approximate surface area is 140 Å². The van der Waals surface area contributed by atoms with Crippen molar-refractivity contribution in [2.45, 2.75) is 6.04 Å². The van der Waals surface area contributed by atoms with Crippen molar-refractivity contribution in [2.24, 2.45) is 0 Å². The van der Waals surface area contributed by atoms with Crippen molar-refractivity contribution >= 4 is 23.2 Å². The van der Waals surface area contributed by atoms with Crippen LogP contribution in [-0.4, -0.2) is 42.0 Å². The van der Waals surface area contributed by atoms with Crippen LogP contribution in [0.3, 0.4) is 0 Å². The van der Waals surface area contributed by atoms with E-state index in [1.54, 1.807) is 24.5 Å². The second kappa shape index (κ2) is 7.55. The first-order valence-corrected chi connectivity index (χ1v) is 8.00. The number of amides is 1. The lowest BCUT2D eigenvalue weighted by atomic mass is 10.0. The van der Waals surface area contributed by atoms with Gasteiger partial charge in [-0.1, -0.05) is 23.7 Å². The zero-order chi connectivity index (χ0) is 16.1. The summed E-state index contributed by atoms with van der Waals surface area (Å²) in [5.41, 5.74) is 1.89. The molecule has 0 saturated carbocycles. The summed E-state index contributed by atoms with van der Waals surface area (Å²) in [4.78, 5) is 18.4. The fourth-order valence-electron chi connectivity index (χ4n) is 2.80. The summed E-state index contributed by atoms with van der Waals surface area (Å²) in [5.74, 6) is -0.0230. The Bertz CT molecular complexity index is 665. The van der Waals surface area contributed by atoms with E-state index >= 15 is 0 Å². The van der Waals surface area contributed by atoms with Crippen molar-refractivity contribution in [3.8, 4) is 0 Å². The van der Waals surface area contributed by atoms with E-state index in [0.29, 0.717) is 11.6 Å². The highest BCUT2D eigenvalue weighted by Crippen LogP contribution is 2.24. The van der Waals surface area contributed by atoms with E-state index in [-0.39, 0.29) is 11.9 Å². The minimum atomic E-state index is -0.0230. The van der Waals surface area contributed by atoms with Crippen molar-refractivity contribution in [2.75, 3.05) is 31.5 Å². The number of piperazine rings is 1. The van der Waals surface area contributed by atoms with Gasteiger partial charge in [0.25, 0.3) is 0 Å². The third-order valence-electron chi connectivity index (χ3n) is 3.90. The van der Waals surface area contributed by atoms with Gasteiger partial charge in [0, 0.05) is 48.8 Å². The molecule has 1 unspecified atom stereocenters. The van der Waals surface area contributed by atoms with Crippen molar-refractivity contribution < 1.29 is 4.79 Å². The first kappa shape index (κ1) is 15.9. The van der Waals surface area contributed by atoms with Crippen LogP contribution in [0.5, 0.6) is 0 Å². The van der Waals surface area contributed by atoms with Gasteiger partial charge in [0.15, 0.2) is 0 Å². The number of anilines is 1. The molecule has 1 aliphatic heterocycles. The fraction of sp³-hybridized carbons (Fsp3) is 0.294. The lowest BCUT2D eigenvalue weighted by Gasteiger charge is -2.36. The van der Waals surface area contributed by atoms with Gasteiger partial charge in [-0.3, -0.25) is 14.7 Å². The predicted molar refractivity (Wildman–Crippen MR) is 91.5 cm³/mol. The second-order valence-electron chi connectivity index (χ2n) is 5.53. The van der Waals surface area contributed by atoms with Gasteiger partial charge >= 0.3 is 0 Å². The Morgan fingerprint density at radius 1 is 1.35 bits per heavy atom. The van der Waals surface area contributed by atoms with Gasteiger partial charge in [-0.15, -0.1) is 0 Å². The van der Waals surface area contributed by atoms with Crippen LogP contribution < -0.4 is 10.6 Å². The third-order valence-corrected chi connectivity index (χ3v) is 4.13. The largest absolute Gasteiger partial charge is 0.325 e. The van der Waals surface area contributed by atoms with E-state index < -0.39 is 0 Å². The highest BCUT2D eigenvalue weighted by Gasteiger charge is 2.25. The van der Waals surface area contributed by atoms with Crippen molar-refractivity contribution in [1.82, 2.24) is 15.2 Å². The number of rotatable bonds is 4. The maximum Gasteiger partial charge on any atom is 0.238 e. The topological polar surface area (TPSA) is 57.3 Å². The van der Waals surface area contributed by atoms with E-state index in [4.69, 9.17) is 11.6 Å². The van der Waals surface area contributed by atoms with Gasteiger partial charge in [-0.25, -0.2) is 0 Å². The number of nitrogens with zero attached hydrogens (tertiary/aromatic N) is 2. The molecule has 0 bridgehead atoms. The number of halogens is 1. The van der Waals surface area contributed by atoms with Gasteiger partial charge in [-0.2, -0.15) is 0 Å². The minimum absolute atomic E-state index is 0.0230. The van der Waals surface area contributed by atoms with Crippen LogP contribution in [0.25, 0.3) is 0 Å². The second-order valence-corrected chi connectivity index (χ2v) is 5.97. The molecular weight excluding hydrogens is 312 g/mol. The average molecular weight is 331 g/mol. The molecule has 23 heavy (non-hydrogen) atoms. The van der Waals surface area contributed by atoms with Crippen LogP contribution in [0.4, 0.5) is 5.69 Å². The van der Waals surface area contributed by atoms with E-state index in [1.165, 1.54) is 0 Å². The Morgan fingerprint density at radius 2 is 2.17 bits per heavy atom. The first-order chi connectivity index (χ1) is 11.2. The molecule has 3 rings (SSSR count). The van der Waals surface area contributed by atoms with Crippen LogP contribution in [0.2, 0.25) is 5.02 Å². The summed E-state index contributed by atoms with van der Waals surface area (Å²) in [5, 5.41) is 7.00. The number of aromatic nitrogens is 1. The van der Waals surface area contributed by atoms with E-state index in [0.717, 1.165) is 30.9 Å². The van der Waals surface area contributed by atoms with Crippen molar-refractivity contribution in [3.05, 3.63) is 59.4 Å². The molecule has 6 heteroatoms. The Hall–Kier alpha value is -1.95. The number of nitrogens with one attached hydrogen (secondary N) is 2. The quantitative estimate of drug-likeness (QED) is 0.903. The van der Waals surface area contributed by atoms with Crippen LogP contribution in [0.15, 0.2) is 48.8 Å². The zero-order valence-corrected chi connectivity index (χ0v) is 13.5. The van der Waals surface area contributed by atoms with Gasteiger partial charge in [-0.05, 0) is 29.8 Å². The molecule has 1 aromatic heterocycles. The number of pyridine rings is 1. The molecule has 0 spiro atoms. The highest BCUT2D eigenvalue weighted by molar-refractivity contribution is 6.30. The molecule has 5 nitrogen and oxygen atoms in total. The van der Waals surface area contributed by atoms with Gasteiger partial charge < -0.3 is 10.6 Å². The molecule has 0 aliphatic carbocycles. The Morgan fingerprint density at radius 3 is 2.96 bits per heavy atom. The highest BCUT2D eigenvalue weighted by atomic mass is 35.5. The molecule has 2 aromatic rings. The maximum absolute atomic E-state index is 12.3. The zero-order valence-electron chi connectivity index (χ0n) is 12.7. The molecule has 2 N–H and O–H groups in total. The lowest BCUT2D eigenvalue weighted by Crippen LogP contribution is -2.48. The number of carbonyl (C=O) groups is 1. The smallest absolute Gasteiger partial charge is 0.238 e. The predicted octanol–water partition coefficient (Wildman–Crippen LogP) is 2.32. The summed E-state index contributed by atoms with van der Waals surface area (Å²) in [6.45, 7) is 2.85. The maximum atomic E-state index is 12.3. The van der Waals surface area contributed by atoms with Gasteiger partial charge in [0.1, 0.15) is 0 Å². The molecule has 1 saturated heterocycles. The molecule has 2 heterocycles. The molecule has 120 valence electrons. The molecule has 0 radical (unpaired) electrons. The third kappa shape index (κ3) is 4.28. The fourth-order valence-corrected chi connectivity index (χ4v) is 3.00. The molecule has 1 aromatic carbocycles.